The number of carbonyl (C=O) groups excluding carboxylic acids is 4. The van der Waals surface area contributed by atoms with Crippen molar-refractivity contribution in [3.63, 3.8) is 0 Å². The maximum absolute atomic E-state index is 12.1. The molecule has 1 saturated heterocycles. The summed E-state index contributed by atoms with van der Waals surface area (Å²) in [6, 6.07) is 5.10. The second-order valence-electron chi connectivity index (χ2n) is 5.09. The summed E-state index contributed by atoms with van der Waals surface area (Å²) in [5.41, 5.74) is 0.536. The van der Waals surface area contributed by atoms with Crippen molar-refractivity contribution in [3.05, 3.63) is 36.0 Å². The number of rotatable bonds is 5. The predicted octanol–water partition coefficient (Wildman–Crippen LogP) is 0.773. The van der Waals surface area contributed by atoms with Crippen LogP contribution in [0.15, 0.2) is 36.0 Å². The van der Waals surface area contributed by atoms with Crippen LogP contribution in [0.2, 0.25) is 0 Å². The van der Waals surface area contributed by atoms with Gasteiger partial charge in [0.2, 0.25) is 0 Å². The lowest BCUT2D eigenvalue weighted by atomic mass is 10.2. The van der Waals surface area contributed by atoms with Crippen molar-refractivity contribution < 1.29 is 28.7 Å². The van der Waals surface area contributed by atoms with Gasteiger partial charge in [-0.25, -0.2) is 19.3 Å². The Labute approximate surface area is 143 Å². The molecular formula is C16H17N3O6. The van der Waals surface area contributed by atoms with Crippen molar-refractivity contribution in [2.24, 2.45) is 0 Å². The first-order chi connectivity index (χ1) is 11.9. The number of anilines is 2. The van der Waals surface area contributed by atoms with Crippen molar-refractivity contribution in [3.8, 4) is 0 Å². The van der Waals surface area contributed by atoms with Crippen LogP contribution in [0, 0.1) is 0 Å². The normalized spacial score (nSPS) is 17.2. The molecule has 1 aromatic rings. The van der Waals surface area contributed by atoms with Crippen LogP contribution in [-0.4, -0.2) is 44.1 Å². The zero-order valence-electron chi connectivity index (χ0n) is 13.9. The summed E-state index contributed by atoms with van der Waals surface area (Å²) in [5, 5.41) is 5.22. The first kappa shape index (κ1) is 18.0. The van der Waals surface area contributed by atoms with Gasteiger partial charge in [0.25, 0.3) is 5.91 Å². The Hall–Kier alpha value is -3.36. The van der Waals surface area contributed by atoms with E-state index in [1.807, 2.05) is 0 Å². The van der Waals surface area contributed by atoms with Crippen molar-refractivity contribution >= 4 is 35.3 Å². The number of hydrogen-bond donors (Lipinski definition) is 2. The zero-order chi connectivity index (χ0) is 18.6. The number of hydrogen-bond acceptors (Lipinski definition) is 7. The molecule has 132 valence electrons. The van der Waals surface area contributed by atoms with E-state index in [1.54, 1.807) is 25.1 Å². The highest BCUT2D eigenvalue weighted by molar-refractivity contribution is 6.21. The average Bonchev–Trinajstić information content (AvgIpc) is 2.85. The summed E-state index contributed by atoms with van der Waals surface area (Å²) in [6.07, 6.45) is 0.939. The molecule has 9 heteroatoms. The van der Waals surface area contributed by atoms with Gasteiger partial charge in [0, 0.05) is 5.69 Å². The third-order valence-electron chi connectivity index (χ3n) is 3.39. The van der Waals surface area contributed by atoms with E-state index in [-0.39, 0.29) is 11.6 Å². The van der Waals surface area contributed by atoms with E-state index in [4.69, 9.17) is 0 Å². The number of benzene rings is 1. The summed E-state index contributed by atoms with van der Waals surface area (Å²) in [5.74, 6) is -1.91. The minimum absolute atomic E-state index is 0.155. The summed E-state index contributed by atoms with van der Waals surface area (Å²) >= 11 is 0. The van der Waals surface area contributed by atoms with Crippen LogP contribution in [0.1, 0.15) is 6.92 Å². The zero-order valence-corrected chi connectivity index (χ0v) is 13.9. The number of esters is 2. The average molecular weight is 347 g/mol. The summed E-state index contributed by atoms with van der Waals surface area (Å²) in [7, 11) is 2.34. The first-order valence-corrected chi connectivity index (χ1v) is 7.27. The SMILES string of the molecule is COC(=O)/C=C(/Nc1cccc(N2C(=O)NC(C)C2=O)c1)C(=O)OC. The van der Waals surface area contributed by atoms with Crippen molar-refractivity contribution in [2.75, 3.05) is 24.4 Å². The molecule has 1 heterocycles. The highest BCUT2D eigenvalue weighted by Gasteiger charge is 2.36. The van der Waals surface area contributed by atoms with Crippen LogP contribution in [0.25, 0.3) is 0 Å². The molecule has 0 aliphatic carbocycles. The highest BCUT2D eigenvalue weighted by atomic mass is 16.5. The fraction of sp³-hybridized carbons (Fsp3) is 0.250. The van der Waals surface area contributed by atoms with E-state index < -0.39 is 24.0 Å². The van der Waals surface area contributed by atoms with Crippen molar-refractivity contribution in [2.45, 2.75) is 13.0 Å². The maximum Gasteiger partial charge on any atom is 0.354 e. The second kappa shape index (κ2) is 7.47. The molecule has 9 nitrogen and oxygen atoms in total. The second-order valence-corrected chi connectivity index (χ2v) is 5.09. The van der Waals surface area contributed by atoms with E-state index in [0.29, 0.717) is 11.4 Å². The van der Waals surface area contributed by atoms with E-state index in [2.05, 4.69) is 20.1 Å². The van der Waals surface area contributed by atoms with E-state index in [0.717, 1.165) is 11.0 Å². The van der Waals surface area contributed by atoms with E-state index >= 15 is 0 Å². The third kappa shape index (κ3) is 3.94. The fourth-order valence-electron chi connectivity index (χ4n) is 2.16. The number of ether oxygens (including phenoxy) is 2. The van der Waals surface area contributed by atoms with Gasteiger partial charge in [0.05, 0.1) is 26.0 Å². The number of carbonyl (C=O) groups is 4. The Morgan fingerprint density at radius 1 is 1.24 bits per heavy atom. The Bertz CT molecular complexity index is 758. The molecule has 25 heavy (non-hydrogen) atoms. The number of urea groups is 1. The van der Waals surface area contributed by atoms with Gasteiger partial charge in [-0.2, -0.15) is 0 Å². The van der Waals surface area contributed by atoms with Crippen LogP contribution in [0.3, 0.4) is 0 Å². The lowest BCUT2D eigenvalue weighted by Gasteiger charge is -2.15. The van der Waals surface area contributed by atoms with Gasteiger partial charge < -0.3 is 20.1 Å². The smallest absolute Gasteiger partial charge is 0.354 e. The minimum Gasteiger partial charge on any atom is -0.466 e. The molecule has 1 unspecified atom stereocenters. The van der Waals surface area contributed by atoms with Crippen LogP contribution in [-0.2, 0) is 23.9 Å². The molecule has 1 aromatic carbocycles. The van der Waals surface area contributed by atoms with Crippen LogP contribution < -0.4 is 15.5 Å². The van der Waals surface area contributed by atoms with Crippen molar-refractivity contribution in [1.82, 2.24) is 5.32 Å². The number of amides is 3. The first-order valence-electron chi connectivity index (χ1n) is 7.27. The van der Waals surface area contributed by atoms with E-state index in [1.165, 1.54) is 20.3 Å². The summed E-state index contributed by atoms with van der Waals surface area (Å²) < 4.78 is 9.09. The minimum atomic E-state index is -0.778. The molecular weight excluding hydrogens is 330 g/mol. The predicted molar refractivity (Wildman–Crippen MR) is 87.7 cm³/mol. The lowest BCUT2D eigenvalue weighted by molar-refractivity contribution is -0.138. The van der Waals surface area contributed by atoms with Gasteiger partial charge in [-0.1, -0.05) is 6.07 Å². The van der Waals surface area contributed by atoms with Gasteiger partial charge in [0.1, 0.15) is 11.7 Å². The van der Waals surface area contributed by atoms with Gasteiger partial charge in [-0.05, 0) is 25.1 Å². The van der Waals surface area contributed by atoms with E-state index in [9.17, 15) is 19.2 Å². The Balaban J connectivity index is 2.30. The highest BCUT2D eigenvalue weighted by Crippen LogP contribution is 2.24. The molecule has 0 spiro atoms. The van der Waals surface area contributed by atoms with Crippen LogP contribution in [0.4, 0.5) is 16.2 Å². The summed E-state index contributed by atoms with van der Waals surface area (Å²) in [4.78, 5) is 48.1. The molecule has 0 bridgehead atoms. The molecule has 2 N–H and O–H groups in total. The van der Waals surface area contributed by atoms with Crippen LogP contribution in [0.5, 0.6) is 0 Å². The third-order valence-corrected chi connectivity index (χ3v) is 3.39. The lowest BCUT2D eigenvalue weighted by Crippen LogP contribution is -2.30. The Kier molecular flexibility index (Phi) is 5.38. The Morgan fingerprint density at radius 3 is 2.52 bits per heavy atom. The van der Waals surface area contributed by atoms with Gasteiger partial charge in [0.15, 0.2) is 0 Å². The molecule has 1 aliphatic rings. The van der Waals surface area contributed by atoms with Gasteiger partial charge in [-0.15, -0.1) is 0 Å². The van der Waals surface area contributed by atoms with Crippen molar-refractivity contribution in [1.29, 1.82) is 0 Å². The molecule has 1 fully saturated rings. The standard InChI is InChI=1S/C16H17N3O6/c1-9-14(21)19(16(23)17-9)11-6-4-5-10(7-11)18-12(15(22)25-3)8-13(20)24-2/h4-9,18H,1-3H3,(H,17,23)/b12-8+. The van der Waals surface area contributed by atoms with Crippen LogP contribution >= 0.6 is 0 Å². The molecule has 0 saturated carbocycles. The number of nitrogens with zero attached hydrogens (tertiary/aromatic N) is 1. The summed E-state index contributed by atoms with van der Waals surface area (Å²) in [6.45, 7) is 1.58. The topological polar surface area (TPSA) is 114 Å². The largest absolute Gasteiger partial charge is 0.466 e. The monoisotopic (exact) mass is 347 g/mol. The maximum atomic E-state index is 12.1. The molecule has 1 atom stereocenters. The Morgan fingerprint density at radius 2 is 1.96 bits per heavy atom. The number of nitrogens with one attached hydrogen (secondary N) is 2. The number of methoxy groups -OCH3 is 2. The molecule has 2 rings (SSSR count). The fourth-order valence-corrected chi connectivity index (χ4v) is 2.16. The number of imide groups is 1. The van der Waals surface area contributed by atoms with Gasteiger partial charge in [-0.3, -0.25) is 4.79 Å². The molecule has 0 radical (unpaired) electrons. The van der Waals surface area contributed by atoms with Gasteiger partial charge >= 0.3 is 18.0 Å². The quantitative estimate of drug-likeness (QED) is 0.459. The molecule has 0 aromatic heterocycles. The molecule has 3 amide bonds. The molecule has 1 aliphatic heterocycles.